The highest BCUT2D eigenvalue weighted by atomic mass is 35.5. The molecule has 1 aliphatic heterocycles. The summed E-state index contributed by atoms with van der Waals surface area (Å²) in [5.74, 6) is 0.612. The Morgan fingerprint density at radius 1 is 1.44 bits per heavy atom. The molecule has 4 heteroatoms. The van der Waals surface area contributed by atoms with E-state index >= 15 is 0 Å². The Labute approximate surface area is 99.1 Å². The number of rotatable bonds is 0. The number of benzene rings is 1. The molecule has 0 amide bonds. The predicted octanol–water partition coefficient (Wildman–Crippen LogP) is 2.68. The summed E-state index contributed by atoms with van der Waals surface area (Å²) in [5, 5.41) is 0.590. The molecule has 0 saturated carbocycles. The van der Waals surface area contributed by atoms with E-state index in [0.29, 0.717) is 29.4 Å². The number of halogens is 1. The summed E-state index contributed by atoms with van der Waals surface area (Å²) in [4.78, 5) is 15.9. The number of hydrogen-bond donors (Lipinski definition) is 0. The molecule has 0 unspecified atom stereocenters. The van der Waals surface area contributed by atoms with Gasteiger partial charge in [0, 0.05) is 12.1 Å². The normalized spacial score (nSPS) is 17.9. The van der Waals surface area contributed by atoms with Gasteiger partial charge in [0.15, 0.2) is 5.78 Å². The quantitative estimate of drug-likeness (QED) is 0.696. The molecule has 0 aromatic heterocycles. The molecule has 0 atom stereocenters. The number of carbonyl (C=O) groups is 1. The minimum atomic E-state index is 0.00926. The third-order valence-corrected chi connectivity index (χ3v) is 3.04. The molecule has 16 heavy (non-hydrogen) atoms. The monoisotopic (exact) mass is 237 g/mol. The van der Waals surface area contributed by atoms with Crippen molar-refractivity contribution in [2.24, 2.45) is 4.99 Å². The van der Waals surface area contributed by atoms with Gasteiger partial charge in [0.05, 0.1) is 17.7 Å². The van der Waals surface area contributed by atoms with Crippen molar-refractivity contribution in [3.05, 3.63) is 28.3 Å². The third-order valence-electron chi connectivity index (χ3n) is 2.64. The largest absolute Gasteiger partial charge is 0.487 e. The van der Waals surface area contributed by atoms with Gasteiger partial charge in [0.25, 0.3) is 0 Å². The van der Waals surface area contributed by atoms with Crippen LogP contribution in [0.15, 0.2) is 17.1 Å². The fourth-order valence-electron chi connectivity index (χ4n) is 1.63. The van der Waals surface area contributed by atoms with Crippen LogP contribution in [0.2, 0.25) is 5.02 Å². The van der Waals surface area contributed by atoms with Gasteiger partial charge in [0.1, 0.15) is 12.4 Å². The Bertz CT molecular complexity index is 480. The SMILES string of the molecule is CN=C1COc2cc(C)c(Cl)cc2C(=O)C1. The number of nitrogens with zero attached hydrogens (tertiary/aromatic N) is 1. The molecule has 0 spiro atoms. The van der Waals surface area contributed by atoms with Gasteiger partial charge >= 0.3 is 0 Å². The first kappa shape index (κ1) is 11.1. The molecule has 1 aromatic carbocycles. The van der Waals surface area contributed by atoms with E-state index in [1.807, 2.05) is 6.92 Å². The van der Waals surface area contributed by atoms with Crippen molar-refractivity contribution in [2.45, 2.75) is 13.3 Å². The summed E-state index contributed by atoms with van der Waals surface area (Å²) in [5.41, 5.74) is 2.22. The average molecular weight is 238 g/mol. The standard InChI is InChI=1S/C12H12ClNO2/c1-7-3-12-9(5-10(7)13)11(15)4-8(14-2)6-16-12/h3,5H,4,6H2,1-2H3. The Morgan fingerprint density at radius 3 is 2.88 bits per heavy atom. The van der Waals surface area contributed by atoms with Crippen LogP contribution in [0.5, 0.6) is 5.75 Å². The second-order valence-electron chi connectivity index (χ2n) is 3.78. The van der Waals surface area contributed by atoms with Gasteiger partial charge in [-0.2, -0.15) is 0 Å². The lowest BCUT2D eigenvalue weighted by molar-refractivity contribution is 0.100. The maximum atomic E-state index is 11.9. The van der Waals surface area contributed by atoms with Gasteiger partial charge < -0.3 is 4.74 Å². The first-order chi connectivity index (χ1) is 7.61. The second kappa shape index (κ2) is 4.26. The van der Waals surface area contributed by atoms with Crippen molar-refractivity contribution in [1.82, 2.24) is 0 Å². The van der Waals surface area contributed by atoms with Gasteiger partial charge in [-0.15, -0.1) is 0 Å². The van der Waals surface area contributed by atoms with Crippen molar-refractivity contribution in [3.8, 4) is 5.75 Å². The summed E-state index contributed by atoms with van der Waals surface area (Å²) < 4.78 is 5.55. The van der Waals surface area contributed by atoms with Crippen LogP contribution >= 0.6 is 11.6 Å². The van der Waals surface area contributed by atoms with Crippen LogP contribution in [0.3, 0.4) is 0 Å². The molecular formula is C12H12ClNO2. The summed E-state index contributed by atoms with van der Waals surface area (Å²) in [6.07, 6.45) is 0.308. The fraction of sp³-hybridized carbons (Fsp3) is 0.333. The first-order valence-electron chi connectivity index (χ1n) is 5.02. The second-order valence-corrected chi connectivity index (χ2v) is 4.18. The van der Waals surface area contributed by atoms with Gasteiger partial charge in [0.2, 0.25) is 0 Å². The number of aliphatic imine (C=N–C) groups is 1. The van der Waals surface area contributed by atoms with Crippen molar-refractivity contribution in [3.63, 3.8) is 0 Å². The minimum absolute atomic E-state index is 0.00926. The summed E-state index contributed by atoms with van der Waals surface area (Å²) >= 11 is 6.00. The molecule has 0 N–H and O–H groups in total. The zero-order valence-electron chi connectivity index (χ0n) is 9.21. The number of fused-ring (bicyclic) bond motifs is 1. The molecule has 0 aliphatic carbocycles. The zero-order valence-corrected chi connectivity index (χ0v) is 9.97. The average Bonchev–Trinajstić information content (AvgIpc) is 2.41. The van der Waals surface area contributed by atoms with Crippen LogP contribution in [0, 0.1) is 6.92 Å². The van der Waals surface area contributed by atoms with Crippen molar-refractivity contribution in [2.75, 3.05) is 13.7 Å². The van der Waals surface area contributed by atoms with Gasteiger partial charge in [-0.05, 0) is 24.6 Å². The smallest absolute Gasteiger partial charge is 0.172 e. The number of carbonyl (C=O) groups excluding carboxylic acids is 1. The number of Topliss-reactive ketones (excluding diaryl/α,β-unsaturated/α-hetero) is 1. The number of ketones is 1. The summed E-state index contributed by atoms with van der Waals surface area (Å²) in [6, 6.07) is 3.47. The van der Waals surface area contributed by atoms with Crippen molar-refractivity contribution < 1.29 is 9.53 Å². The Morgan fingerprint density at radius 2 is 2.19 bits per heavy atom. The zero-order chi connectivity index (χ0) is 11.7. The van der Waals surface area contributed by atoms with Gasteiger partial charge in [-0.3, -0.25) is 9.79 Å². The van der Waals surface area contributed by atoms with Crippen molar-refractivity contribution in [1.29, 1.82) is 0 Å². The van der Waals surface area contributed by atoms with E-state index in [-0.39, 0.29) is 5.78 Å². The Kier molecular flexibility index (Phi) is 2.97. The topological polar surface area (TPSA) is 38.7 Å². The molecule has 1 heterocycles. The van der Waals surface area contributed by atoms with Crippen molar-refractivity contribution >= 4 is 23.1 Å². The lowest BCUT2D eigenvalue weighted by Gasteiger charge is -2.07. The first-order valence-corrected chi connectivity index (χ1v) is 5.40. The highest BCUT2D eigenvalue weighted by Gasteiger charge is 2.21. The molecule has 3 nitrogen and oxygen atoms in total. The van der Waals surface area contributed by atoms with Crippen LogP contribution in [0.1, 0.15) is 22.3 Å². The van der Waals surface area contributed by atoms with Gasteiger partial charge in [-0.25, -0.2) is 0 Å². The van der Waals surface area contributed by atoms with E-state index < -0.39 is 0 Å². The summed E-state index contributed by atoms with van der Waals surface area (Å²) in [7, 11) is 1.67. The van der Waals surface area contributed by atoms with E-state index in [1.54, 1.807) is 19.2 Å². The Hall–Kier alpha value is -1.35. The fourth-order valence-corrected chi connectivity index (χ4v) is 1.79. The summed E-state index contributed by atoms with van der Waals surface area (Å²) in [6.45, 7) is 2.26. The van der Waals surface area contributed by atoms with Crippen LogP contribution in [-0.4, -0.2) is 25.1 Å². The highest BCUT2D eigenvalue weighted by Crippen LogP contribution is 2.29. The minimum Gasteiger partial charge on any atom is -0.487 e. The number of ether oxygens (including phenoxy) is 1. The van der Waals surface area contributed by atoms with Crippen LogP contribution in [0.25, 0.3) is 0 Å². The number of aryl methyl sites for hydroxylation is 1. The molecule has 0 bridgehead atoms. The molecule has 2 rings (SSSR count). The van der Waals surface area contributed by atoms with Crippen LogP contribution in [0.4, 0.5) is 0 Å². The Balaban J connectivity index is 2.49. The maximum Gasteiger partial charge on any atom is 0.172 e. The lowest BCUT2D eigenvalue weighted by Crippen LogP contribution is -2.11. The lowest BCUT2D eigenvalue weighted by atomic mass is 10.0. The molecule has 1 aliphatic rings. The molecule has 1 aromatic rings. The van der Waals surface area contributed by atoms with Gasteiger partial charge in [-0.1, -0.05) is 11.6 Å². The van der Waals surface area contributed by atoms with E-state index in [0.717, 1.165) is 11.3 Å². The molecule has 0 saturated heterocycles. The van der Waals surface area contributed by atoms with E-state index in [2.05, 4.69) is 4.99 Å². The van der Waals surface area contributed by atoms with E-state index in [1.165, 1.54) is 0 Å². The number of hydrogen-bond acceptors (Lipinski definition) is 3. The van der Waals surface area contributed by atoms with Crippen LogP contribution in [-0.2, 0) is 0 Å². The molecule has 0 fully saturated rings. The van der Waals surface area contributed by atoms with E-state index in [9.17, 15) is 4.79 Å². The van der Waals surface area contributed by atoms with Crippen LogP contribution < -0.4 is 4.74 Å². The molecule has 84 valence electrons. The maximum absolute atomic E-state index is 11.9. The highest BCUT2D eigenvalue weighted by molar-refractivity contribution is 6.32. The van der Waals surface area contributed by atoms with E-state index in [4.69, 9.17) is 16.3 Å². The third kappa shape index (κ3) is 1.95. The predicted molar refractivity (Wildman–Crippen MR) is 64.0 cm³/mol. The molecule has 0 radical (unpaired) electrons. The molecular weight excluding hydrogens is 226 g/mol.